The van der Waals surface area contributed by atoms with E-state index in [9.17, 15) is 13.2 Å². The van der Waals surface area contributed by atoms with Crippen molar-refractivity contribution in [2.75, 3.05) is 6.61 Å². The van der Waals surface area contributed by atoms with Crippen molar-refractivity contribution in [3.8, 4) is 5.75 Å². The number of rotatable bonds is 8. The quantitative estimate of drug-likeness (QED) is 0.760. The fraction of sp³-hybridized carbons (Fsp3) is 0.500. The highest BCUT2D eigenvalue weighted by Crippen LogP contribution is 2.33. The lowest BCUT2D eigenvalue weighted by Gasteiger charge is -2.14. The normalized spacial score (nSPS) is 16.4. The third-order valence-electron chi connectivity index (χ3n) is 3.24. The summed E-state index contributed by atoms with van der Waals surface area (Å²) in [4.78, 5) is 10.5. The molecule has 1 aliphatic carbocycles. The van der Waals surface area contributed by atoms with Crippen molar-refractivity contribution in [2.45, 2.75) is 37.1 Å². The first-order valence-corrected chi connectivity index (χ1v) is 8.32. The summed E-state index contributed by atoms with van der Waals surface area (Å²) in [6.45, 7) is 1.41. The van der Waals surface area contributed by atoms with Crippen molar-refractivity contribution >= 4 is 16.0 Å². The second kappa shape index (κ2) is 6.44. The van der Waals surface area contributed by atoms with Gasteiger partial charge >= 0.3 is 5.97 Å². The average Bonchev–Trinajstić information content (AvgIpc) is 3.20. The second-order valence-corrected chi connectivity index (χ2v) is 7.07. The molecule has 1 aromatic carbocycles. The number of benzene rings is 1. The molecule has 116 valence electrons. The molecule has 1 fully saturated rings. The van der Waals surface area contributed by atoms with Crippen LogP contribution >= 0.6 is 0 Å². The molecule has 2 N–H and O–H groups in total. The van der Waals surface area contributed by atoms with Crippen molar-refractivity contribution in [3.05, 3.63) is 24.3 Å². The minimum Gasteiger partial charge on any atom is -0.482 e. The van der Waals surface area contributed by atoms with Crippen LogP contribution in [-0.2, 0) is 14.8 Å². The molecule has 21 heavy (non-hydrogen) atoms. The fourth-order valence-corrected chi connectivity index (χ4v) is 3.35. The Morgan fingerprint density at radius 1 is 1.38 bits per heavy atom. The van der Waals surface area contributed by atoms with Crippen LogP contribution in [0.2, 0.25) is 0 Å². The molecule has 0 aromatic heterocycles. The molecule has 1 atom stereocenters. The highest BCUT2D eigenvalue weighted by Gasteiger charge is 2.26. The van der Waals surface area contributed by atoms with E-state index in [-0.39, 0.29) is 10.9 Å². The Balaban J connectivity index is 1.96. The zero-order valence-corrected chi connectivity index (χ0v) is 12.6. The van der Waals surface area contributed by atoms with Gasteiger partial charge in [-0.15, -0.1) is 0 Å². The topological polar surface area (TPSA) is 92.7 Å². The minimum absolute atomic E-state index is 0.0922. The number of carbonyl (C=O) groups is 1. The number of carboxylic acid groups (broad SMARTS) is 1. The van der Waals surface area contributed by atoms with E-state index in [1.807, 2.05) is 6.92 Å². The molecule has 0 saturated heterocycles. The van der Waals surface area contributed by atoms with Gasteiger partial charge in [-0.05, 0) is 43.5 Å². The van der Waals surface area contributed by atoms with Gasteiger partial charge in [0.1, 0.15) is 5.75 Å². The van der Waals surface area contributed by atoms with Crippen molar-refractivity contribution in [2.24, 2.45) is 5.92 Å². The minimum atomic E-state index is -3.55. The van der Waals surface area contributed by atoms with Crippen LogP contribution in [0.1, 0.15) is 26.2 Å². The Morgan fingerprint density at radius 3 is 2.52 bits per heavy atom. The first kappa shape index (κ1) is 15.8. The van der Waals surface area contributed by atoms with E-state index in [1.54, 1.807) is 0 Å². The maximum atomic E-state index is 12.2. The Kier molecular flexibility index (Phi) is 4.84. The molecule has 2 rings (SSSR count). The van der Waals surface area contributed by atoms with Gasteiger partial charge in [0.2, 0.25) is 10.0 Å². The second-order valence-electron chi connectivity index (χ2n) is 5.36. The van der Waals surface area contributed by atoms with Crippen LogP contribution in [-0.4, -0.2) is 32.1 Å². The first-order chi connectivity index (χ1) is 9.87. The number of ether oxygens (including phenoxy) is 1. The lowest BCUT2D eigenvalue weighted by Crippen LogP contribution is -2.32. The Hall–Kier alpha value is -1.60. The molecule has 1 unspecified atom stereocenters. The summed E-state index contributed by atoms with van der Waals surface area (Å²) < 4.78 is 32.0. The summed E-state index contributed by atoms with van der Waals surface area (Å²) >= 11 is 0. The lowest BCUT2D eigenvalue weighted by molar-refractivity contribution is -0.139. The van der Waals surface area contributed by atoms with E-state index in [0.717, 1.165) is 6.42 Å². The van der Waals surface area contributed by atoms with Crippen LogP contribution in [0.25, 0.3) is 0 Å². The van der Waals surface area contributed by atoms with Crippen LogP contribution in [0.4, 0.5) is 0 Å². The molecule has 0 aliphatic heterocycles. The first-order valence-electron chi connectivity index (χ1n) is 6.84. The number of nitrogens with one attached hydrogen (secondary N) is 1. The van der Waals surface area contributed by atoms with Gasteiger partial charge in [0.25, 0.3) is 0 Å². The van der Waals surface area contributed by atoms with Gasteiger partial charge in [0, 0.05) is 6.04 Å². The number of hydrogen-bond donors (Lipinski definition) is 2. The summed E-state index contributed by atoms with van der Waals surface area (Å²) in [5, 5.41) is 8.50. The highest BCUT2D eigenvalue weighted by atomic mass is 32.2. The standard InChI is InChI=1S/C14H19NO5S/c1-10(8-11-2-3-11)15-21(18,19)13-6-4-12(5-7-13)20-9-14(16)17/h4-7,10-11,15H,2-3,8-9H2,1H3,(H,16,17). The van der Waals surface area contributed by atoms with Crippen molar-refractivity contribution in [1.82, 2.24) is 4.72 Å². The zero-order chi connectivity index (χ0) is 15.5. The van der Waals surface area contributed by atoms with E-state index in [0.29, 0.717) is 11.7 Å². The van der Waals surface area contributed by atoms with Crippen LogP contribution in [0.5, 0.6) is 5.75 Å². The van der Waals surface area contributed by atoms with Gasteiger partial charge in [-0.3, -0.25) is 0 Å². The van der Waals surface area contributed by atoms with E-state index < -0.39 is 22.6 Å². The van der Waals surface area contributed by atoms with Gasteiger partial charge in [0.15, 0.2) is 6.61 Å². The van der Waals surface area contributed by atoms with Crippen molar-refractivity contribution in [1.29, 1.82) is 0 Å². The Labute approximate surface area is 124 Å². The SMILES string of the molecule is CC(CC1CC1)NS(=O)(=O)c1ccc(OCC(=O)O)cc1. The zero-order valence-electron chi connectivity index (χ0n) is 11.8. The van der Waals surface area contributed by atoms with Crippen LogP contribution in [0, 0.1) is 5.92 Å². The molecular formula is C14H19NO5S. The van der Waals surface area contributed by atoms with Crippen LogP contribution < -0.4 is 9.46 Å². The van der Waals surface area contributed by atoms with Gasteiger partial charge in [0.05, 0.1) is 4.90 Å². The van der Waals surface area contributed by atoms with E-state index in [1.165, 1.54) is 37.1 Å². The smallest absolute Gasteiger partial charge is 0.341 e. The maximum absolute atomic E-state index is 12.2. The molecule has 1 aromatic rings. The molecule has 0 amide bonds. The van der Waals surface area contributed by atoms with Crippen molar-refractivity contribution in [3.63, 3.8) is 0 Å². The molecule has 0 spiro atoms. The van der Waals surface area contributed by atoms with Gasteiger partial charge in [-0.1, -0.05) is 12.8 Å². The molecule has 6 nitrogen and oxygen atoms in total. The summed E-state index contributed by atoms with van der Waals surface area (Å²) in [6, 6.07) is 5.61. The molecule has 0 heterocycles. The van der Waals surface area contributed by atoms with Gasteiger partial charge in [-0.2, -0.15) is 0 Å². The number of aliphatic carboxylic acids is 1. The predicted molar refractivity (Wildman–Crippen MR) is 76.7 cm³/mol. The Morgan fingerprint density at radius 2 is 2.00 bits per heavy atom. The summed E-state index contributed by atoms with van der Waals surface area (Å²) in [6.07, 6.45) is 3.22. The lowest BCUT2D eigenvalue weighted by atomic mass is 10.2. The summed E-state index contributed by atoms with van der Waals surface area (Å²) in [7, 11) is -3.55. The molecule has 7 heteroatoms. The predicted octanol–water partition coefficient (Wildman–Crippen LogP) is 1.62. The largest absolute Gasteiger partial charge is 0.482 e. The van der Waals surface area contributed by atoms with Crippen LogP contribution in [0.3, 0.4) is 0 Å². The average molecular weight is 313 g/mol. The third kappa shape index (κ3) is 5.02. The number of sulfonamides is 1. The van der Waals surface area contributed by atoms with E-state index in [4.69, 9.17) is 9.84 Å². The van der Waals surface area contributed by atoms with E-state index >= 15 is 0 Å². The highest BCUT2D eigenvalue weighted by molar-refractivity contribution is 7.89. The van der Waals surface area contributed by atoms with Crippen molar-refractivity contribution < 1.29 is 23.1 Å². The monoisotopic (exact) mass is 313 g/mol. The Bertz CT molecular complexity index is 592. The molecule has 1 aliphatic rings. The molecule has 0 bridgehead atoms. The van der Waals surface area contributed by atoms with Gasteiger partial charge < -0.3 is 9.84 Å². The number of carboxylic acids is 1. The molecule has 1 saturated carbocycles. The van der Waals surface area contributed by atoms with E-state index in [2.05, 4.69) is 4.72 Å². The maximum Gasteiger partial charge on any atom is 0.341 e. The summed E-state index contributed by atoms with van der Waals surface area (Å²) in [5.74, 6) is -0.112. The summed E-state index contributed by atoms with van der Waals surface area (Å²) in [5.41, 5.74) is 0. The van der Waals surface area contributed by atoms with Gasteiger partial charge in [-0.25, -0.2) is 17.9 Å². The number of hydrogen-bond acceptors (Lipinski definition) is 4. The third-order valence-corrected chi connectivity index (χ3v) is 4.84. The van der Waals surface area contributed by atoms with Crippen LogP contribution in [0.15, 0.2) is 29.2 Å². The fourth-order valence-electron chi connectivity index (χ4n) is 2.09. The molecule has 0 radical (unpaired) electrons. The molecular weight excluding hydrogens is 294 g/mol.